The van der Waals surface area contributed by atoms with Crippen molar-refractivity contribution in [3.05, 3.63) is 42.0 Å². The van der Waals surface area contributed by atoms with Crippen LogP contribution in [0.4, 0.5) is 17.6 Å². The summed E-state index contributed by atoms with van der Waals surface area (Å²) in [5.74, 6) is 1.22. The van der Waals surface area contributed by atoms with Gasteiger partial charge in [-0.2, -0.15) is 9.97 Å². The molecule has 0 aliphatic carbocycles. The molecule has 5 heteroatoms. The molecule has 17 heavy (non-hydrogen) atoms. The quantitative estimate of drug-likeness (QED) is 0.735. The molecule has 0 unspecified atom stereocenters. The van der Waals surface area contributed by atoms with E-state index in [1.54, 1.807) is 6.07 Å². The lowest BCUT2D eigenvalue weighted by molar-refractivity contribution is 1.00. The van der Waals surface area contributed by atoms with Crippen LogP contribution in [-0.2, 0) is 6.42 Å². The second kappa shape index (κ2) is 5.16. The van der Waals surface area contributed by atoms with Crippen LogP contribution in [0.15, 0.2) is 36.4 Å². The Morgan fingerprint density at radius 2 is 1.82 bits per heavy atom. The number of anilines is 3. The lowest BCUT2D eigenvalue weighted by Crippen LogP contribution is -2.09. The molecule has 0 amide bonds. The van der Waals surface area contributed by atoms with Crippen LogP contribution in [0.2, 0.25) is 0 Å². The minimum atomic E-state index is 0.187. The molecule has 5 nitrogen and oxygen atoms in total. The summed E-state index contributed by atoms with van der Waals surface area (Å²) in [5, 5.41) is 3.16. The molecule has 0 saturated heterocycles. The Labute approximate surface area is 99.9 Å². The summed E-state index contributed by atoms with van der Waals surface area (Å²) < 4.78 is 0. The number of rotatable bonds is 4. The Kier molecular flexibility index (Phi) is 3.40. The average Bonchev–Trinajstić information content (AvgIpc) is 2.29. The molecule has 0 bridgehead atoms. The molecule has 88 valence electrons. The summed E-state index contributed by atoms with van der Waals surface area (Å²) in [6.45, 7) is 0.778. The molecule has 0 fully saturated rings. The van der Waals surface area contributed by atoms with Gasteiger partial charge in [-0.15, -0.1) is 0 Å². The standard InChI is InChI=1S/C12H15N5/c13-10-8-11(17-12(14)16-10)15-7-6-9-4-2-1-3-5-9/h1-5,8H,6-7H2,(H5,13,14,15,16,17). The van der Waals surface area contributed by atoms with Crippen LogP contribution in [0.25, 0.3) is 0 Å². The third-order valence-corrected chi connectivity index (χ3v) is 2.33. The Morgan fingerprint density at radius 1 is 1.06 bits per heavy atom. The number of nitrogen functional groups attached to an aromatic ring is 2. The van der Waals surface area contributed by atoms with Crippen molar-refractivity contribution in [1.82, 2.24) is 9.97 Å². The van der Waals surface area contributed by atoms with Gasteiger partial charge in [0.2, 0.25) is 5.95 Å². The van der Waals surface area contributed by atoms with Crippen LogP contribution in [-0.4, -0.2) is 16.5 Å². The molecule has 0 saturated carbocycles. The van der Waals surface area contributed by atoms with Crippen LogP contribution in [0.3, 0.4) is 0 Å². The van der Waals surface area contributed by atoms with Gasteiger partial charge < -0.3 is 16.8 Å². The predicted octanol–water partition coefficient (Wildman–Crippen LogP) is 1.30. The zero-order valence-corrected chi connectivity index (χ0v) is 9.43. The normalized spacial score (nSPS) is 10.1. The maximum Gasteiger partial charge on any atom is 0.223 e. The van der Waals surface area contributed by atoms with Gasteiger partial charge in [0.1, 0.15) is 11.6 Å². The molecule has 1 aromatic heterocycles. The lowest BCUT2D eigenvalue weighted by atomic mass is 10.1. The zero-order valence-electron chi connectivity index (χ0n) is 9.43. The third-order valence-electron chi connectivity index (χ3n) is 2.33. The minimum Gasteiger partial charge on any atom is -0.383 e. The Bertz CT molecular complexity index is 463. The first-order chi connectivity index (χ1) is 8.24. The molecule has 2 aromatic rings. The highest BCUT2D eigenvalue weighted by Crippen LogP contribution is 2.09. The highest BCUT2D eigenvalue weighted by molar-refractivity contribution is 5.48. The number of nitrogens with two attached hydrogens (primary N) is 2. The second-order valence-electron chi connectivity index (χ2n) is 3.70. The van der Waals surface area contributed by atoms with Crippen LogP contribution in [0, 0.1) is 0 Å². The van der Waals surface area contributed by atoms with Crippen molar-refractivity contribution < 1.29 is 0 Å². The summed E-state index contributed by atoms with van der Waals surface area (Å²) in [7, 11) is 0. The van der Waals surface area contributed by atoms with Crippen LogP contribution >= 0.6 is 0 Å². The summed E-state index contributed by atoms with van der Waals surface area (Å²) >= 11 is 0. The predicted molar refractivity (Wildman–Crippen MR) is 69.5 cm³/mol. The fourth-order valence-electron chi connectivity index (χ4n) is 1.56. The minimum absolute atomic E-state index is 0.187. The lowest BCUT2D eigenvalue weighted by Gasteiger charge is -2.06. The van der Waals surface area contributed by atoms with E-state index in [1.807, 2.05) is 18.2 Å². The first-order valence-electron chi connectivity index (χ1n) is 5.42. The van der Waals surface area contributed by atoms with Gasteiger partial charge in [0, 0.05) is 12.6 Å². The zero-order chi connectivity index (χ0) is 12.1. The number of nitrogens with one attached hydrogen (secondary N) is 1. The van der Waals surface area contributed by atoms with Crippen molar-refractivity contribution in [2.45, 2.75) is 6.42 Å². The van der Waals surface area contributed by atoms with Gasteiger partial charge in [-0.05, 0) is 12.0 Å². The fourth-order valence-corrected chi connectivity index (χ4v) is 1.56. The van der Waals surface area contributed by atoms with Crippen LogP contribution in [0.1, 0.15) is 5.56 Å². The highest BCUT2D eigenvalue weighted by atomic mass is 15.1. The molecular formula is C12H15N5. The van der Waals surface area contributed by atoms with E-state index >= 15 is 0 Å². The van der Waals surface area contributed by atoms with Crippen LogP contribution < -0.4 is 16.8 Å². The Hall–Kier alpha value is -2.30. The summed E-state index contributed by atoms with van der Waals surface area (Å²) in [5.41, 5.74) is 12.3. The molecule has 0 atom stereocenters. The van der Waals surface area contributed by atoms with Gasteiger partial charge in [0.25, 0.3) is 0 Å². The van der Waals surface area contributed by atoms with Crippen molar-refractivity contribution in [3.63, 3.8) is 0 Å². The van der Waals surface area contributed by atoms with Crippen molar-refractivity contribution in [1.29, 1.82) is 0 Å². The molecule has 0 spiro atoms. The van der Waals surface area contributed by atoms with E-state index in [9.17, 15) is 0 Å². The van der Waals surface area contributed by atoms with Crippen molar-refractivity contribution in [3.8, 4) is 0 Å². The highest BCUT2D eigenvalue weighted by Gasteiger charge is 1.99. The number of benzene rings is 1. The third kappa shape index (κ3) is 3.34. The Morgan fingerprint density at radius 3 is 2.53 bits per heavy atom. The smallest absolute Gasteiger partial charge is 0.223 e. The monoisotopic (exact) mass is 229 g/mol. The van der Waals surface area contributed by atoms with Crippen molar-refractivity contribution >= 4 is 17.6 Å². The first kappa shape index (κ1) is 11.2. The largest absolute Gasteiger partial charge is 0.383 e. The number of hydrogen-bond acceptors (Lipinski definition) is 5. The summed E-state index contributed by atoms with van der Waals surface area (Å²) in [6.07, 6.45) is 0.921. The molecule has 0 radical (unpaired) electrons. The molecule has 0 aliphatic rings. The van der Waals surface area contributed by atoms with E-state index in [0.29, 0.717) is 11.6 Å². The SMILES string of the molecule is Nc1cc(NCCc2ccccc2)nc(N)n1. The molecule has 0 aliphatic heterocycles. The average molecular weight is 229 g/mol. The maximum absolute atomic E-state index is 5.57. The topological polar surface area (TPSA) is 89.8 Å². The van der Waals surface area contributed by atoms with Gasteiger partial charge in [-0.1, -0.05) is 30.3 Å². The van der Waals surface area contributed by atoms with Crippen LogP contribution in [0.5, 0.6) is 0 Å². The van der Waals surface area contributed by atoms with E-state index in [2.05, 4.69) is 27.4 Å². The summed E-state index contributed by atoms with van der Waals surface area (Å²) in [4.78, 5) is 7.85. The molecule has 1 heterocycles. The number of hydrogen-bond donors (Lipinski definition) is 3. The molecular weight excluding hydrogens is 214 g/mol. The van der Waals surface area contributed by atoms with E-state index in [0.717, 1.165) is 13.0 Å². The van der Waals surface area contributed by atoms with Crippen molar-refractivity contribution in [2.24, 2.45) is 0 Å². The van der Waals surface area contributed by atoms with E-state index in [4.69, 9.17) is 11.5 Å². The number of aromatic nitrogens is 2. The van der Waals surface area contributed by atoms with Gasteiger partial charge in [-0.25, -0.2) is 0 Å². The van der Waals surface area contributed by atoms with E-state index < -0.39 is 0 Å². The first-order valence-corrected chi connectivity index (χ1v) is 5.42. The van der Waals surface area contributed by atoms with E-state index in [1.165, 1.54) is 5.56 Å². The molecule has 2 rings (SSSR count). The van der Waals surface area contributed by atoms with Gasteiger partial charge in [0.05, 0.1) is 0 Å². The molecule has 5 N–H and O–H groups in total. The van der Waals surface area contributed by atoms with E-state index in [-0.39, 0.29) is 5.95 Å². The van der Waals surface area contributed by atoms with Crippen molar-refractivity contribution in [2.75, 3.05) is 23.3 Å². The second-order valence-corrected chi connectivity index (χ2v) is 3.70. The fraction of sp³-hybridized carbons (Fsp3) is 0.167. The Balaban J connectivity index is 1.90. The van der Waals surface area contributed by atoms with Gasteiger partial charge in [0.15, 0.2) is 0 Å². The van der Waals surface area contributed by atoms with Gasteiger partial charge >= 0.3 is 0 Å². The maximum atomic E-state index is 5.57. The van der Waals surface area contributed by atoms with Gasteiger partial charge in [-0.3, -0.25) is 0 Å². The molecule has 1 aromatic carbocycles. The summed E-state index contributed by atoms with van der Waals surface area (Å²) in [6, 6.07) is 11.9. The number of nitrogens with zero attached hydrogens (tertiary/aromatic N) is 2.